The molecule has 106 valence electrons. The number of rotatable bonds is 4. The van der Waals surface area contributed by atoms with Gasteiger partial charge in [0, 0.05) is 11.5 Å². The topological polar surface area (TPSA) is 35.2 Å². The van der Waals surface area contributed by atoms with E-state index in [1.807, 2.05) is 24.3 Å². The van der Waals surface area contributed by atoms with Gasteiger partial charge in [-0.05, 0) is 35.4 Å². The van der Waals surface area contributed by atoms with Crippen molar-refractivity contribution in [2.45, 2.75) is 25.3 Å². The first-order valence-electron chi connectivity index (χ1n) is 6.60. The number of hydrogen-bond donors (Lipinski definition) is 1. The molecule has 0 spiro atoms. The molecule has 0 heterocycles. The van der Waals surface area contributed by atoms with Crippen LogP contribution in [0.15, 0.2) is 48.5 Å². The second-order valence-electron chi connectivity index (χ2n) is 5.48. The first kappa shape index (κ1) is 14.5. The van der Waals surface area contributed by atoms with Gasteiger partial charge in [-0.2, -0.15) is 0 Å². The standard InChI is InChI=1S/C17H20FNO/c1-17(2,13-6-8-14(18)9-7-13)16(19)12-4-10-15(20-3)11-5-12/h4-11,16H,19H2,1-3H3. The van der Waals surface area contributed by atoms with E-state index >= 15 is 0 Å². The van der Waals surface area contributed by atoms with E-state index in [1.165, 1.54) is 12.1 Å². The highest BCUT2D eigenvalue weighted by atomic mass is 19.1. The third kappa shape index (κ3) is 2.83. The van der Waals surface area contributed by atoms with Gasteiger partial charge in [0.15, 0.2) is 0 Å². The quantitative estimate of drug-likeness (QED) is 0.919. The summed E-state index contributed by atoms with van der Waals surface area (Å²) in [6.45, 7) is 4.13. The lowest BCUT2D eigenvalue weighted by atomic mass is 9.75. The monoisotopic (exact) mass is 273 g/mol. The van der Waals surface area contributed by atoms with Crippen molar-refractivity contribution in [3.8, 4) is 5.75 Å². The maximum Gasteiger partial charge on any atom is 0.123 e. The molecule has 0 amide bonds. The van der Waals surface area contributed by atoms with Gasteiger partial charge in [0.25, 0.3) is 0 Å². The molecular weight excluding hydrogens is 253 g/mol. The van der Waals surface area contributed by atoms with Crippen molar-refractivity contribution in [3.05, 3.63) is 65.5 Å². The summed E-state index contributed by atoms with van der Waals surface area (Å²) in [4.78, 5) is 0. The zero-order valence-electron chi connectivity index (χ0n) is 12.1. The van der Waals surface area contributed by atoms with Crippen molar-refractivity contribution in [2.24, 2.45) is 5.73 Å². The van der Waals surface area contributed by atoms with Crippen molar-refractivity contribution >= 4 is 0 Å². The smallest absolute Gasteiger partial charge is 0.123 e. The zero-order chi connectivity index (χ0) is 14.8. The fourth-order valence-corrected chi connectivity index (χ4v) is 2.29. The van der Waals surface area contributed by atoms with Crippen molar-refractivity contribution in [1.82, 2.24) is 0 Å². The van der Waals surface area contributed by atoms with Gasteiger partial charge in [-0.25, -0.2) is 4.39 Å². The Labute approximate surface area is 119 Å². The number of halogens is 1. The number of nitrogens with two attached hydrogens (primary N) is 1. The van der Waals surface area contributed by atoms with Crippen molar-refractivity contribution < 1.29 is 9.13 Å². The molecule has 0 radical (unpaired) electrons. The van der Waals surface area contributed by atoms with E-state index in [2.05, 4.69) is 13.8 Å². The molecule has 0 bridgehead atoms. The Balaban J connectivity index is 2.29. The molecule has 2 nitrogen and oxygen atoms in total. The largest absolute Gasteiger partial charge is 0.497 e. The lowest BCUT2D eigenvalue weighted by molar-refractivity contribution is 0.409. The van der Waals surface area contributed by atoms with Crippen LogP contribution in [0.1, 0.15) is 31.0 Å². The molecule has 0 saturated heterocycles. The first-order chi connectivity index (χ1) is 9.45. The minimum absolute atomic E-state index is 0.182. The van der Waals surface area contributed by atoms with E-state index in [0.29, 0.717) is 0 Å². The van der Waals surface area contributed by atoms with Crippen LogP contribution in [-0.4, -0.2) is 7.11 Å². The summed E-state index contributed by atoms with van der Waals surface area (Å²) in [5.74, 6) is 0.572. The lowest BCUT2D eigenvalue weighted by Gasteiger charge is -2.32. The Hall–Kier alpha value is -1.87. The Bertz CT molecular complexity index is 561. The second kappa shape index (κ2) is 5.63. The van der Waals surface area contributed by atoms with Gasteiger partial charge >= 0.3 is 0 Å². The van der Waals surface area contributed by atoms with E-state index in [0.717, 1.165) is 16.9 Å². The fourth-order valence-electron chi connectivity index (χ4n) is 2.29. The second-order valence-corrected chi connectivity index (χ2v) is 5.48. The minimum atomic E-state index is -0.289. The van der Waals surface area contributed by atoms with E-state index in [1.54, 1.807) is 19.2 Å². The number of ether oxygens (including phenoxy) is 1. The summed E-state index contributed by atoms with van der Waals surface area (Å²) >= 11 is 0. The Morgan fingerprint density at radius 1 is 1.00 bits per heavy atom. The summed E-state index contributed by atoms with van der Waals surface area (Å²) in [5.41, 5.74) is 8.15. The van der Waals surface area contributed by atoms with Gasteiger partial charge in [-0.3, -0.25) is 0 Å². The summed E-state index contributed by atoms with van der Waals surface area (Å²) in [6, 6.07) is 14.1. The molecular formula is C17H20FNO. The van der Waals surface area contributed by atoms with Crippen molar-refractivity contribution in [2.75, 3.05) is 7.11 Å². The predicted molar refractivity (Wildman–Crippen MR) is 79.3 cm³/mol. The lowest BCUT2D eigenvalue weighted by Crippen LogP contribution is -2.33. The normalized spacial score (nSPS) is 13.1. The average molecular weight is 273 g/mol. The van der Waals surface area contributed by atoms with Crippen LogP contribution >= 0.6 is 0 Å². The molecule has 0 aliphatic heterocycles. The van der Waals surface area contributed by atoms with Gasteiger partial charge in [0.05, 0.1) is 7.11 Å². The van der Waals surface area contributed by atoms with Gasteiger partial charge in [0.1, 0.15) is 11.6 Å². The van der Waals surface area contributed by atoms with Crippen LogP contribution in [0.3, 0.4) is 0 Å². The van der Waals surface area contributed by atoms with E-state index in [-0.39, 0.29) is 17.3 Å². The highest BCUT2D eigenvalue weighted by Crippen LogP contribution is 2.35. The molecule has 1 unspecified atom stereocenters. The third-order valence-corrected chi connectivity index (χ3v) is 3.84. The molecule has 2 aromatic carbocycles. The summed E-state index contributed by atoms with van der Waals surface area (Å²) < 4.78 is 18.2. The number of hydrogen-bond acceptors (Lipinski definition) is 2. The van der Waals surface area contributed by atoms with Crippen molar-refractivity contribution in [1.29, 1.82) is 0 Å². The summed E-state index contributed by atoms with van der Waals surface area (Å²) in [7, 11) is 1.64. The zero-order valence-corrected chi connectivity index (χ0v) is 12.1. The molecule has 0 fully saturated rings. The van der Waals surface area contributed by atoms with Crippen LogP contribution < -0.4 is 10.5 Å². The van der Waals surface area contributed by atoms with Crippen molar-refractivity contribution in [3.63, 3.8) is 0 Å². The van der Waals surface area contributed by atoms with Crippen LogP contribution in [-0.2, 0) is 5.41 Å². The molecule has 0 aromatic heterocycles. The van der Waals surface area contributed by atoms with Gasteiger partial charge in [0.2, 0.25) is 0 Å². The van der Waals surface area contributed by atoms with Gasteiger partial charge in [-0.1, -0.05) is 38.1 Å². The molecule has 0 saturated carbocycles. The SMILES string of the molecule is COc1ccc(C(N)C(C)(C)c2ccc(F)cc2)cc1. The first-order valence-corrected chi connectivity index (χ1v) is 6.60. The molecule has 2 aromatic rings. The molecule has 2 rings (SSSR count). The molecule has 3 heteroatoms. The Morgan fingerprint density at radius 3 is 2.05 bits per heavy atom. The van der Waals surface area contributed by atoms with E-state index in [4.69, 9.17) is 10.5 Å². The van der Waals surface area contributed by atoms with Gasteiger partial charge in [-0.15, -0.1) is 0 Å². The van der Waals surface area contributed by atoms with Crippen LogP contribution in [0.25, 0.3) is 0 Å². The number of benzene rings is 2. The Morgan fingerprint density at radius 2 is 1.55 bits per heavy atom. The van der Waals surface area contributed by atoms with Crippen LogP contribution in [0.4, 0.5) is 4.39 Å². The minimum Gasteiger partial charge on any atom is -0.497 e. The highest BCUT2D eigenvalue weighted by Gasteiger charge is 2.29. The predicted octanol–water partition coefficient (Wildman–Crippen LogP) is 3.81. The van der Waals surface area contributed by atoms with E-state index < -0.39 is 0 Å². The summed E-state index contributed by atoms with van der Waals surface area (Å²) in [6.07, 6.45) is 0. The van der Waals surface area contributed by atoms with E-state index in [9.17, 15) is 4.39 Å². The highest BCUT2D eigenvalue weighted by molar-refractivity contribution is 5.34. The van der Waals surface area contributed by atoms with Crippen LogP contribution in [0.2, 0.25) is 0 Å². The third-order valence-electron chi connectivity index (χ3n) is 3.84. The molecule has 2 N–H and O–H groups in total. The van der Waals surface area contributed by atoms with Gasteiger partial charge < -0.3 is 10.5 Å². The van der Waals surface area contributed by atoms with Crippen LogP contribution in [0.5, 0.6) is 5.75 Å². The van der Waals surface area contributed by atoms with Crippen LogP contribution in [0, 0.1) is 5.82 Å². The molecule has 20 heavy (non-hydrogen) atoms. The fraction of sp³-hybridized carbons (Fsp3) is 0.294. The maximum absolute atomic E-state index is 13.0. The molecule has 1 atom stereocenters. The maximum atomic E-state index is 13.0. The molecule has 0 aliphatic carbocycles. The average Bonchev–Trinajstić information content (AvgIpc) is 2.47. The molecule has 0 aliphatic rings. The summed E-state index contributed by atoms with van der Waals surface area (Å²) in [5, 5.41) is 0. The number of methoxy groups -OCH3 is 1. The Kier molecular flexibility index (Phi) is 4.09.